The van der Waals surface area contributed by atoms with Crippen molar-refractivity contribution in [1.82, 2.24) is 5.32 Å². The maximum atomic E-state index is 12.1. The van der Waals surface area contributed by atoms with Gasteiger partial charge in [0.25, 0.3) is 0 Å². The van der Waals surface area contributed by atoms with Gasteiger partial charge in [-0.2, -0.15) is 0 Å². The fraction of sp³-hybridized carbons (Fsp3) is 0.556. The number of guanidine groups is 1. The molecule has 0 heterocycles. The summed E-state index contributed by atoms with van der Waals surface area (Å²) < 4.78 is 5.68. The monoisotopic (exact) mass is 319 g/mol. The molecule has 0 aliphatic rings. The quantitative estimate of drug-likeness (QED) is 0.346. The largest absolute Gasteiger partial charge is 0.425 e. The second kappa shape index (κ2) is 6.60. The summed E-state index contributed by atoms with van der Waals surface area (Å²) in [6.07, 6.45) is 0. The van der Waals surface area contributed by atoms with Gasteiger partial charge < -0.3 is 15.8 Å². The minimum absolute atomic E-state index is 0.129. The molecule has 1 aromatic rings. The summed E-state index contributed by atoms with van der Waals surface area (Å²) >= 11 is 0. The number of nitrogens with one attached hydrogen (secondary N) is 2. The molecular weight excluding hydrogens is 290 g/mol. The molecule has 0 unspecified atom stereocenters. The lowest BCUT2D eigenvalue weighted by atomic mass is 9.78. The van der Waals surface area contributed by atoms with Crippen molar-refractivity contribution in [3.8, 4) is 5.75 Å². The molecule has 0 aliphatic carbocycles. The highest BCUT2D eigenvalue weighted by molar-refractivity contribution is 5.82. The van der Waals surface area contributed by atoms with E-state index in [1.54, 1.807) is 0 Å². The molecule has 0 radical (unpaired) electrons. The Morgan fingerprint density at radius 2 is 1.57 bits per heavy atom. The Morgan fingerprint density at radius 1 is 1.13 bits per heavy atom. The summed E-state index contributed by atoms with van der Waals surface area (Å²) in [6, 6.07) is 4.13. The van der Waals surface area contributed by atoms with Crippen molar-refractivity contribution in [3.63, 3.8) is 0 Å². The average Bonchev–Trinajstić information content (AvgIpc) is 2.35. The van der Waals surface area contributed by atoms with Crippen LogP contribution in [0.15, 0.2) is 12.1 Å². The lowest BCUT2D eigenvalue weighted by Gasteiger charge is -2.29. The lowest BCUT2D eigenvalue weighted by Crippen LogP contribution is -2.36. The molecule has 0 aromatic heterocycles. The fourth-order valence-corrected chi connectivity index (χ4v) is 2.31. The standard InChI is InChI=1S/C18H29N3O2/c1-11-8-12(17(2,3)4)15(13(9-11)18(5,6)7)23-14(22)10-21-16(19)20/h8-9H,10H2,1-7H3,(H4,19,20,21). The van der Waals surface area contributed by atoms with Crippen LogP contribution in [0.2, 0.25) is 0 Å². The van der Waals surface area contributed by atoms with E-state index in [1.165, 1.54) is 0 Å². The van der Waals surface area contributed by atoms with Crippen LogP contribution in [0.25, 0.3) is 0 Å². The van der Waals surface area contributed by atoms with Crippen molar-refractivity contribution in [3.05, 3.63) is 28.8 Å². The number of nitrogens with two attached hydrogens (primary N) is 1. The van der Waals surface area contributed by atoms with E-state index in [2.05, 4.69) is 59.0 Å². The van der Waals surface area contributed by atoms with E-state index in [9.17, 15) is 4.79 Å². The molecule has 128 valence electrons. The van der Waals surface area contributed by atoms with E-state index in [4.69, 9.17) is 15.9 Å². The summed E-state index contributed by atoms with van der Waals surface area (Å²) in [6.45, 7) is 14.5. The third-order valence-corrected chi connectivity index (χ3v) is 3.49. The van der Waals surface area contributed by atoms with Crippen LogP contribution in [0.3, 0.4) is 0 Å². The smallest absolute Gasteiger partial charge is 0.330 e. The summed E-state index contributed by atoms with van der Waals surface area (Å²) in [7, 11) is 0. The van der Waals surface area contributed by atoms with Crippen molar-refractivity contribution in [2.24, 2.45) is 5.73 Å². The van der Waals surface area contributed by atoms with Crippen LogP contribution in [0.1, 0.15) is 58.2 Å². The zero-order valence-corrected chi connectivity index (χ0v) is 15.3. The summed E-state index contributed by atoms with van der Waals surface area (Å²) in [5.41, 5.74) is 8.04. The van der Waals surface area contributed by atoms with Crippen LogP contribution < -0.4 is 15.8 Å². The zero-order chi connectivity index (χ0) is 18.0. The van der Waals surface area contributed by atoms with E-state index >= 15 is 0 Å². The molecule has 4 N–H and O–H groups in total. The van der Waals surface area contributed by atoms with Crippen LogP contribution in [-0.2, 0) is 15.6 Å². The molecule has 0 spiro atoms. The van der Waals surface area contributed by atoms with Crippen LogP contribution in [0.5, 0.6) is 5.75 Å². The summed E-state index contributed by atoms with van der Waals surface area (Å²) in [5, 5.41) is 9.62. The second-order valence-corrected chi connectivity index (χ2v) is 7.93. The fourth-order valence-electron chi connectivity index (χ4n) is 2.31. The van der Waals surface area contributed by atoms with Crippen LogP contribution in [0.4, 0.5) is 0 Å². The van der Waals surface area contributed by atoms with Gasteiger partial charge in [-0.3, -0.25) is 5.41 Å². The van der Waals surface area contributed by atoms with Crippen molar-refractivity contribution in [2.75, 3.05) is 6.54 Å². The third-order valence-electron chi connectivity index (χ3n) is 3.49. The predicted octanol–water partition coefficient (Wildman–Crippen LogP) is 2.98. The van der Waals surface area contributed by atoms with Crippen LogP contribution in [-0.4, -0.2) is 18.5 Å². The number of esters is 1. The van der Waals surface area contributed by atoms with Gasteiger partial charge >= 0.3 is 5.97 Å². The molecule has 1 rings (SSSR count). The van der Waals surface area contributed by atoms with E-state index in [0.29, 0.717) is 5.75 Å². The van der Waals surface area contributed by atoms with E-state index in [-0.39, 0.29) is 23.3 Å². The first-order valence-corrected chi connectivity index (χ1v) is 7.76. The van der Waals surface area contributed by atoms with Crippen molar-refractivity contribution < 1.29 is 9.53 Å². The van der Waals surface area contributed by atoms with Gasteiger partial charge in [0.05, 0.1) is 0 Å². The highest BCUT2D eigenvalue weighted by Gasteiger charge is 2.28. The Bertz CT molecular complexity index is 573. The van der Waals surface area contributed by atoms with Crippen molar-refractivity contribution in [1.29, 1.82) is 5.41 Å². The molecule has 0 fully saturated rings. The van der Waals surface area contributed by atoms with Crippen LogP contribution >= 0.6 is 0 Å². The molecule has 0 saturated carbocycles. The first-order chi connectivity index (χ1) is 10.3. The van der Waals surface area contributed by atoms with Crippen molar-refractivity contribution in [2.45, 2.75) is 59.3 Å². The Morgan fingerprint density at radius 3 is 1.91 bits per heavy atom. The van der Waals surface area contributed by atoms with Gasteiger partial charge in [-0.15, -0.1) is 0 Å². The number of ether oxygens (including phenoxy) is 1. The maximum absolute atomic E-state index is 12.1. The van der Waals surface area contributed by atoms with E-state index in [0.717, 1.165) is 16.7 Å². The Kier molecular flexibility index (Phi) is 5.46. The topological polar surface area (TPSA) is 88.2 Å². The number of aryl methyl sites for hydroxylation is 1. The van der Waals surface area contributed by atoms with Gasteiger partial charge in [0.2, 0.25) is 0 Å². The highest BCUT2D eigenvalue weighted by Crippen LogP contribution is 2.40. The summed E-state index contributed by atoms with van der Waals surface area (Å²) in [4.78, 5) is 12.1. The molecule has 0 amide bonds. The Hall–Kier alpha value is -2.04. The minimum Gasteiger partial charge on any atom is -0.425 e. The first-order valence-electron chi connectivity index (χ1n) is 7.76. The maximum Gasteiger partial charge on any atom is 0.330 e. The Balaban J connectivity index is 3.36. The number of hydrogen-bond donors (Lipinski definition) is 3. The number of benzene rings is 1. The molecule has 5 nitrogen and oxygen atoms in total. The molecule has 1 aromatic carbocycles. The molecular formula is C18H29N3O2. The number of carbonyl (C=O) groups is 1. The molecule has 0 saturated heterocycles. The molecule has 0 aliphatic heterocycles. The normalized spacial score (nSPS) is 12.0. The number of hydrogen-bond acceptors (Lipinski definition) is 3. The van der Waals surface area contributed by atoms with Gasteiger partial charge in [-0.05, 0) is 17.8 Å². The lowest BCUT2D eigenvalue weighted by molar-refractivity contribution is -0.133. The van der Waals surface area contributed by atoms with Gasteiger partial charge in [0, 0.05) is 11.1 Å². The second-order valence-electron chi connectivity index (χ2n) is 7.93. The molecule has 23 heavy (non-hydrogen) atoms. The number of carbonyl (C=O) groups excluding carboxylic acids is 1. The zero-order valence-electron chi connectivity index (χ0n) is 15.3. The van der Waals surface area contributed by atoms with Gasteiger partial charge in [0.15, 0.2) is 5.96 Å². The van der Waals surface area contributed by atoms with Crippen LogP contribution in [0, 0.1) is 12.3 Å². The minimum atomic E-state index is -0.458. The van der Waals surface area contributed by atoms with Gasteiger partial charge in [0.1, 0.15) is 12.3 Å². The van der Waals surface area contributed by atoms with E-state index < -0.39 is 5.97 Å². The van der Waals surface area contributed by atoms with Gasteiger partial charge in [-0.1, -0.05) is 59.2 Å². The van der Waals surface area contributed by atoms with Gasteiger partial charge in [-0.25, -0.2) is 4.79 Å². The highest BCUT2D eigenvalue weighted by atomic mass is 16.5. The molecule has 0 bridgehead atoms. The molecule has 0 atom stereocenters. The van der Waals surface area contributed by atoms with Crippen molar-refractivity contribution >= 4 is 11.9 Å². The SMILES string of the molecule is Cc1cc(C(C)(C)C)c(OC(=O)CNC(=N)N)c(C(C)(C)C)c1. The Labute approximate surface area is 139 Å². The first kappa shape index (κ1) is 19.0. The summed E-state index contributed by atoms with van der Waals surface area (Å²) in [5.74, 6) is -0.0936. The third kappa shape index (κ3) is 5.27. The molecule has 5 heteroatoms. The number of rotatable bonds is 3. The average molecular weight is 319 g/mol. The van der Waals surface area contributed by atoms with E-state index in [1.807, 2.05) is 6.92 Å². The predicted molar refractivity (Wildman–Crippen MR) is 94.1 cm³/mol.